The largest absolute Gasteiger partial charge is 0.481 e. The number of aromatic nitrogens is 3. The minimum absolute atomic E-state index is 0.00330. The standard InChI is InChI=1S/C45H48Cl2N6O8/c1-25-35(24-53(29-20-45(5,59)21-29)43(58)61-44(2,3)4)49-36-19-26(17-18-52(36)41(25)55)30-9-7-10-31(38(30)46)32-11-8-12-33(39(32)47)34-15-13-27(40(50-34)60-6)22-51(42(56)57)23-28-14-16-37(54)48-28/h7-13,15,17-19,28-29,59H,14,16,20-24H2,1-6H3,(H,48,54)(H,56,57). The van der Waals surface area contributed by atoms with E-state index in [0.29, 0.717) is 91.7 Å². The van der Waals surface area contributed by atoms with Crippen LogP contribution >= 0.6 is 23.2 Å². The van der Waals surface area contributed by atoms with Gasteiger partial charge in [-0.25, -0.2) is 19.6 Å². The van der Waals surface area contributed by atoms with Crippen LogP contribution in [-0.4, -0.2) is 89.4 Å². The van der Waals surface area contributed by atoms with Gasteiger partial charge in [-0.05, 0) is 83.7 Å². The first-order valence-corrected chi connectivity index (χ1v) is 20.7. The van der Waals surface area contributed by atoms with Gasteiger partial charge in [0.15, 0.2) is 0 Å². The fraction of sp³-hybridized carbons (Fsp3) is 0.378. The number of halogens is 2. The van der Waals surface area contributed by atoms with Gasteiger partial charge >= 0.3 is 12.2 Å². The molecule has 1 aliphatic carbocycles. The summed E-state index contributed by atoms with van der Waals surface area (Å²) in [6, 6.07) is 17.6. The second-order valence-electron chi connectivity index (χ2n) is 17.0. The van der Waals surface area contributed by atoms with Crippen LogP contribution < -0.4 is 15.6 Å². The lowest BCUT2D eigenvalue weighted by Gasteiger charge is -2.46. The molecule has 61 heavy (non-hydrogen) atoms. The van der Waals surface area contributed by atoms with Crippen LogP contribution in [-0.2, 0) is 22.6 Å². The van der Waals surface area contributed by atoms with Crippen LogP contribution in [0.2, 0.25) is 10.0 Å². The van der Waals surface area contributed by atoms with Crippen LogP contribution in [0.15, 0.2) is 71.7 Å². The number of carbonyl (C=O) groups is 3. The zero-order chi connectivity index (χ0) is 44.0. The molecule has 7 rings (SSSR count). The predicted octanol–water partition coefficient (Wildman–Crippen LogP) is 8.12. The first kappa shape index (κ1) is 43.4. The summed E-state index contributed by atoms with van der Waals surface area (Å²) in [7, 11) is 1.46. The fourth-order valence-electron chi connectivity index (χ4n) is 7.91. The van der Waals surface area contributed by atoms with E-state index in [-0.39, 0.29) is 49.1 Å². The number of rotatable bonds is 11. The Kier molecular flexibility index (Phi) is 12.1. The number of fused-ring (bicyclic) bond motifs is 1. The molecule has 0 radical (unpaired) electrons. The molecular weight excluding hydrogens is 823 g/mol. The summed E-state index contributed by atoms with van der Waals surface area (Å²) >= 11 is 14.3. The molecule has 1 saturated heterocycles. The number of nitrogens with one attached hydrogen (secondary N) is 1. The number of aliphatic hydroxyl groups is 1. The minimum Gasteiger partial charge on any atom is -0.481 e. The Morgan fingerprint density at radius 1 is 0.967 bits per heavy atom. The summed E-state index contributed by atoms with van der Waals surface area (Å²) < 4.78 is 12.8. The normalized spacial score (nSPS) is 18.7. The first-order chi connectivity index (χ1) is 28.8. The van der Waals surface area contributed by atoms with Crippen molar-refractivity contribution in [2.24, 2.45) is 0 Å². The van der Waals surface area contributed by atoms with E-state index in [2.05, 4.69) is 5.32 Å². The van der Waals surface area contributed by atoms with E-state index < -0.39 is 23.4 Å². The van der Waals surface area contributed by atoms with Crippen molar-refractivity contribution >= 4 is 46.9 Å². The third-order valence-corrected chi connectivity index (χ3v) is 11.9. The maximum Gasteiger partial charge on any atom is 0.410 e. The number of carbonyl (C=O) groups excluding carboxylic acids is 2. The SMILES string of the molecule is COc1nc(-c2cccc(-c3cccc(-c4ccn5c(=O)c(C)c(CN(C(=O)OC(C)(C)C)C6CC(C)(O)C6)nc5c4)c3Cl)c2Cl)ccc1CN(CC1CCC(=O)N1)C(=O)O. The average Bonchev–Trinajstić information content (AvgIpc) is 3.61. The van der Waals surface area contributed by atoms with Gasteiger partial charge in [-0.3, -0.25) is 18.9 Å². The van der Waals surface area contributed by atoms with Crippen LogP contribution in [0.3, 0.4) is 0 Å². The zero-order valence-corrected chi connectivity index (χ0v) is 36.3. The van der Waals surface area contributed by atoms with Crippen LogP contribution in [0.25, 0.3) is 39.2 Å². The number of amides is 3. The number of hydrogen-bond donors (Lipinski definition) is 3. The highest BCUT2D eigenvalue weighted by atomic mass is 35.5. The summed E-state index contributed by atoms with van der Waals surface area (Å²) in [4.78, 5) is 63.3. The summed E-state index contributed by atoms with van der Waals surface area (Å²) in [5.41, 5.74) is 3.50. The van der Waals surface area contributed by atoms with Crippen molar-refractivity contribution in [1.82, 2.24) is 29.5 Å². The van der Waals surface area contributed by atoms with Crippen molar-refractivity contribution in [2.45, 2.75) is 96.7 Å². The Balaban J connectivity index is 1.18. The number of benzene rings is 2. The molecule has 3 aromatic heterocycles. The van der Waals surface area contributed by atoms with Crippen molar-refractivity contribution in [3.05, 3.63) is 104 Å². The number of ether oxygens (including phenoxy) is 2. The van der Waals surface area contributed by atoms with Crippen molar-refractivity contribution in [3.8, 4) is 39.4 Å². The maximum atomic E-state index is 13.7. The maximum absolute atomic E-state index is 13.7. The van der Waals surface area contributed by atoms with Gasteiger partial charge in [0.25, 0.3) is 5.56 Å². The summed E-state index contributed by atoms with van der Waals surface area (Å²) in [5, 5.41) is 24.0. The lowest BCUT2D eigenvalue weighted by molar-refractivity contribution is -0.119. The Bertz CT molecular complexity index is 2600. The molecule has 14 nitrogen and oxygen atoms in total. The molecule has 2 fully saturated rings. The van der Waals surface area contributed by atoms with Gasteiger partial charge < -0.3 is 29.9 Å². The summed E-state index contributed by atoms with van der Waals surface area (Å²) in [5.74, 6) is 0.138. The van der Waals surface area contributed by atoms with Gasteiger partial charge in [0.1, 0.15) is 11.2 Å². The fourth-order valence-corrected chi connectivity index (χ4v) is 8.57. The van der Waals surface area contributed by atoms with E-state index in [4.69, 9.17) is 42.6 Å². The zero-order valence-electron chi connectivity index (χ0n) is 34.8. The van der Waals surface area contributed by atoms with Gasteiger partial charge in [0.2, 0.25) is 11.8 Å². The molecule has 1 saturated carbocycles. The second kappa shape index (κ2) is 17.0. The van der Waals surface area contributed by atoms with E-state index in [1.165, 1.54) is 16.4 Å². The molecule has 16 heteroatoms. The molecule has 0 spiro atoms. The average molecular weight is 872 g/mol. The number of hydrogen-bond acceptors (Lipinski definition) is 9. The van der Waals surface area contributed by atoms with Crippen LogP contribution in [0, 0.1) is 6.92 Å². The quantitative estimate of drug-likeness (QED) is 0.118. The summed E-state index contributed by atoms with van der Waals surface area (Å²) in [6.45, 7) is 8.93. The van der Waals surface area contributed by atoms with Crippen LogP contribution in [0.5, 0.6) is 5.88 Å². The molecule has 2 aliphatic rings. The predicted molar refractivity (Wildman–Crippen MR) is 232 cm³/mol. The lowest BCUT2D eigenvalue weighted by Crippen LogP contribution is -2.56. The Morgan fingerprint density at radius 3 is 2.23 bits per heavy atom. The molecule has 1 unspecified atom stereocenters. The van der Waals surface area contributed by atoms with Gasteiger partial charge in [-0.15, -0.1) is 0 Å². The molecule has 4 heterocycles. The molecule has 320 valence electrons. The molecule has 2 aromatic carbocycles. The highest BCUT2D eigenvalue weighted by Crippen LogP contribution is 2.43. The minimum atomic E-state index is -1.13. The van der Waals surface area contributed by atoms with E-state index in [1.807, 2.05) is 36.4 Å². The highest BCUT2D eigenvalue weighted by molar-refractivity contribution is 6.39. The van der Waals surface area contributed by atoms with E-state index in [0.717, 1.165) is 0 Å². The van der Waals surface area contributed by atoms with Crippen LogP contribution in [0.4, 0.5) is 9.59 Å². The number of methoxy groups -OCH3 is 1. The molecule has 1 aliphatic heterocycles. The molecule has 3 amide bonds. The topological polar surface area (TPSA) is 176 Å². The van der Waals surface area contributed by atoms with Gasteiger partial charge in [-0.1, -0.05) is 59.6 Å². The first-order valence-electron chi connectivity index (χ1n) is 20.0. The third-order valence-electron chi connectivity index (χ3n) is 11.1. The lowest BCUT2D eigenvalue weighted by atomic mass is 9.76. The summed E-state index contributed by atoms with van der Waals surface area (Å²) in [6.07, 6.45) is 1.65. The van der Waals surface area contributed by atoms with Gasteiger partial charge in [0.05, 0.1) is 47.2 Å². The Morgan fingerprint density at radius 2 is 1.62 bits per heavy atom. The molecule has 0 bridgehead atoms. The van der Waals surface area contributed by atoms with E-state index in [1.54, 1.807) is 70.0 Å². The molecular formula is C45H48Cl2N6O8. The number of carboxylic acid groups (broad SMARTS) is 1. The highest BCUT2D eigenvalue weighted by Gasteiger charge is 2.44. The van der Waals surface area contributed by atoms with E-state index >= 15 is 0 Å². The number of pyridine rings is 2. The van der Waals surface area contributed by atoms with Gasteiger partial charge in [0, 0.05) is 64.6 Å². The van der Waals surface area contributed by atoms with Gasteiger partial charge in [-0.2, -0.15) is 0 Å². The molecule has 1 atom stereocenters. The van der Waals surface area contributed by atoms with Crippen LogP contribution in [0.1, 0.15) is 70.2 Å². The third kappa shape index (κ3) is 9.31. The molecule has 3 N–H and O–H groups in total. The monoisotopic (exact) mass is 870 g/mol. The molecule has 5 aromatic rings. The van der Waals surface area contributed by atoms with Crippen molar-refractivity contribution in [1.29, 1.82) is 0 Å². The smallest absolute Gasteiger partial charge is 0.410 e. The van der Waals surface area contributed by atoms with Crippen molar-refractivity contribution in [3.63, 3.8) is 0 Å². The Labute approximate surface area is 363 Å². The van der Waals surface area contributed by atoms with Crippen molar-refractivity contribution < 1.29 is 34.1 Å². The van der Waals surface area contributed by atoms with Crippen molar-refractivity contribution in [2.75, 3.05) is 13.7 Å². The number of nitrogens with zero attached hydrogens (tertiary/aromatic N) is 5. The second-order valence-corrected chi connectivity index (χ2v) is 17.7. The van der Waals surface area contributed by atoms with E-state index in [9.17, 15) is 29.4 Å². The Hall–Kier alpha value is -5.70.